The number of nitrogens with zero attached hydrogens (tertiary/aromatic N) is 1. The molecule has 16 heavy (non-hydrogen) atoms. The van der Waals surface area contributed by atoms with E-state index in [4.69, 9.17) is 0 Å². The highest BCUT2D eigenvalue weighted by Crippen LogP contribution is 2.26. The van der Waals surface area contributed by atoms with Crippen LogP contribution in [0.3, 0.4) is 0 Å². The summed E-state index contributed by atoms with van der Waals surface area (Å²) in [7, 11) is -4.53. The Hall–Kier alpha value is -1.81. The molecule has 7 nitrogen and oxygen atoms in total. The molecule has 1 aromatic carbocycles. The van der Waals surface area contributed by atoms with E-state index in [0.717, 1.165) is 0 Å². The van der Waals surface area contributed by atoms with Gasteiger partial charge in [-0.1, -0.05) is 0 Å². The van der Waals surface area contributed by atoms with E-state index in [-0.39, 0.29) is 12.1 Å². The van der Waals surface area contributed by atoms with Gasteiger partial charge in [-0.3, -0.25) is 10.1 Å². The van der Waals surface area contributed by atoms with Crippen LogP contribution in [0.5, 0.6) is 5.75 Å². The van der Waals surface area contributed by atoms with E-state index in [1.54, 1.807) is 0 Å². The lowest BCUT2D eigenvalue weighted by Gasteiger charge is -2.03. The van der Waals surface area contributed by atoms with E-state index in [2.05, 4.69) is 9.32 Å². The molecular weight excluding hydrogens is 250 g/mol. The largest absolute Gasteiger partial charge is 0.380 e. The monoisotopic (exact) mass is 254 g/mol. The van der Waals surface area contributed by atoms with Gasteiger partial charge in [-0.15, -0.1) is 0 Å². The van der Waals surface area contributed by atoms with Crippen molar-refractivity contribution in [2.45, 2.75) is 0 Å². The Labute approximate surface area is 87.8 Å². The molecule has 0 aliphatic heterocycles. The Morgan fingerprint density at radius 2 is 1.88 bits per heavy atom. The first kappa shape index (κ1) is 12.3. The molecule has 0 radical (unpaired) electrons. The third-order valence-electron chi connectivity index (χ3n) is 1.40. The number of nitro benzene ring substituents is 1. The predicted octanol–water partition coefficient (Wildman–Crippen LogP) is 0.455. The summed E-state index contributed by atoms with van der Waals surface area (Å²) < 4.78 is 50.6. The summed E-state index contributed by atoms with van der Waals surface area (Å²) in [5, 5.41) is 14.6. The van der Waals surface area contributed by atoms with Crippen LogP contribution in [0.2, 0.25) is 0 Å². The van der Waals surface area contributed by atoms with Crippen LogP contribution in [-0.2, 0) is 10.3 Å². The maximum atomic E-state index is 13.0. The maximum absolute atomic E-state index is 13.0. The highest BCUT2D eigenvalue weighted by molar-refractivity contribution is 7.84. The van der Waals surface area contributed by atoms with E-state index in [0.29, 0.717) is 0 Å². The molecule has 10 heteroatoms. The van der Waals surface area contributed by atoms with Crippen LogP contribution in [0, 0.1) is 21.7 Å². The predicted molar refractivity (Wildman–Crippen MR) is 46.7 cm³/mol. The van der Waals surface area contributed by atoms with Gasteiger partial charge < -0.3 is 4.18 Å². The quantitative estimate of drug-likeness (QED) is 0.621. The van der Waals surface area contributed by atoms with E-state index >= 15 is 0 Å². The summed E-state index contributed by atoms with van der Waals surface area (Å²) in [6.45, 7) is 0. The van der Waals surface area contributed by atoms with Crippen LogP contribution in [0.25, 0.3) is 0 Å². The second-order valence-corrected chi connectivity index (χ2v) is 3.72. The van der Waals surface area contributed by atoms with Crippen LogP contribution >= 0.6 is 0 Å². The van der Waals surface area contributed by atoms with Gasteiger partial charge in [0.15, 0.2) is 11.6 Å². The minimum Gasteiger partial charge on any atom is -0.368 e. The van der Waals surface area contributed by atoms with Gasteiger partial charge in [0.05, 0.1) is 11.0 Å². The number of rotatable bonds is 3. The molecule has 0 saturated carbocycles. The highest BCUT2D eigenvalue weighted by atomic mass is 32.2. The Kier molecular flexibility index (Phi) is 3.05. The second-order valence-electron chi connectivity index (χ2n) is 2.57. The minimum absolute atomic E-state index is 0.190. The van der Waals surface area contributed by atoms with Crippen molar-refractivity contribution in [2.75, 3.05) is 0 Å². The minimum atomic E-state index is -4.53. The average molecular weight is 254 g/mol. The van der Waals surface area contributed by atoms with Crippen molar-refractivity contribution in [1.29, 1.82) is 0 Å². The van der Waals surface area contributed by atoms with E-state index in [9.17, 15) is 27.3 Å². The van der Waals surface area contributed by atoms with Crippen LogP contribution in [-0.4, -0.2) is 13.3 Å². The molecule has 1 aromatic rings. The molecule has 0 fully saturated rings. The number of hydrogen-bond acceptors (Lipinski definition) is 5. The zero-order chi connectivity index (χ0) is 12.5. The molecular formula is C6H4F2N2O5S. The zero-order valence-corrected chi connectivity index (χ0v) is 8.20. The molecule has 0 atom stereocenters. The molecule has 0 spiro atoms. The molecule has 0 saturated heterocycles. The van der Waals surface area contributed by atoms with Crippen molar-refractivity contribution in [3.8, 4) is 5.75 Å². The lowest BCUT2D eigenvalue weighted by atomic mass is 10.3. The van der Waals surface area contributed by atoms with Crippen molar-refractivity contribution < 1.29 is 26.3 Å². The van der Waals surface area contributed by atoms with Gasteiger partial charge in [0.1, 0.15) is 0 Å². The smallest absolute Gasteiger partial charge is 0.368 e. The highest BCUT2D eigenvalue weighted by Gasteiger charge is 2.21. The topological polar surface area (TPSA) is 113 Å². The Morgan fingerprint density at radius 1 is 1.31 bits per heavy atom. The number of nitrogens with two attached hydrogens (primary N) is 1. The van der Waals surface area contributed by atoms with Gasteiger partial charge in [0, 0.05) is 6.07 Å². The zero-order valence-electron chi connectivity index (χ0n) is 7.38. The number of halogens is 2. The fourth-order valence-electron chi connectivity index (χ4n) is 0.847. The van der Waals surface area contributed by atoms with Crippen molar-refractivity contribution in [3.05, 3.63) is 33.9 Å². The van der Waals surface area contributed by atoms with Gasteiger partial charge >= 0.3 is 16.0 Å². The lowest BCUT2D eigenvalue weighted by Crippen LogP contribution is -2.19. The molecule has 0 heterocycles. The molecule has 0 amide bonds. The average Bonchev–Trinajstić information content (AvgIpc) is 2.07. The fourth-order valence-corrected chi connectivity index (χ4v) is 1.22. The Morgan fingerprint density at radius 3 is 2.31 bits per heavy atom. The van der Waals surface area contributed by atoms with Crippen molar-refractivity contribution in [1.82, 2.24) is 0 Å². The summed E-state index contributed by atoms with van der Waals surface area (Å²) in [4.78, 5) is 9.02. The van der Waals surface area contributed by atoms with Crippen molar-refractivity contribution in [2.24, 2.45) is 5.14 Å². The van der Waals surface area contributed by atoms with Crippen LogP contribution in [0.4, 0.5) is 14.5 Å². The third-order valence-corrected chi connectivity index (χ3v) is 1.82. The molecule has 0 unspecified atom stereocenters. The summed E-state index contributed by atoms with van der Waals surface area (Å²) >= 11 is 0. The maximum Gasteiger partial charge on any atom is 0.380 e. The molecule has 0 bridgehead atoms. The van der Waals surface area contributed by atoms with E-state index in [1.165, 1.54) is 0 Å². The van der Waals surface area contributed by atoms with Gasteiger partial charge in [-0.05, 0) is 0 Å². The summed E-state index contributed by atoms with van der Waals surface area (Å²) in [5.74, 6) is -3.90. The van der Waals surface area contributed by atoms with Gasteiger partial charge in [-0.25, -0.2) is 4.39 Å². The number of hydrogen-bond donors (Lipinski definition) is 1. The molecule has 0 aliphatic carbocycles. The molecule has 1 rings (SSSR count). The first-order valence-electron chi connectivity index (χ1n) is 3.56. The fraction of sp³-hybridized carbons (Fsp3) is 0. The summed E-state index contributed by atoms with van der Waals surface area (Å²) in [5.41, 5.74) is -1.14. The molecule has 2 N–H and O–H groups in total. The number of nitro groups is 1. The van der Waals surface area contributed by atoms with E-state index < -0.39 is 38.3 Å². The second kappa shape index (κ2) is 3.98. The SMILES string of the molecule is NS(=O)(=O)Oc1cc(F)c([N+](=O)[O-])cc1F. The van der Waals surface area contributed by atoms with Crippen LogP contribution in [0.1, 0.15) is 0 Å². The molecule has 0 aliphatic rings. The van der Waals surface area contributed by atoms with Gasteiger partial charge in [0.2, 0.25) is 5.82 Å². The molecule has 0 aromatic heterocycles. The normalized spacial score (nSPS) is 11.2. The van der Waals surface area contributed by atoms with Crippen LogP contribution in [0.15, 0.2) is 12.1 Å². The Balaban J connectivity index is 3.26. The van der Waals surface area contributed by atoms with Crippen molar-refractivity contribution in [3.63, 3.8) is 0 Å². The third kappa shape index (κ3) is 2.84. The van der Waals surface area contributed by atoms with Gasteiger partial charge in [0.25, 0.3) is 0 Å². The summed E-state index contributed by atoms with van der Waals surface area (Å²) in [6.07, 6.45) is 0. The Bertz CT molecular complexity index is 544. The van der Waals surface area contributed by atoms with Crippen LogP contribution < -0.4 is 9.32 Å². The first-order valence-corrected chi connectivity index (χ1v) is 5.03. The molecule has 88 valence electrons. The van der Waals surface area contributed by atoms with Crippen molar-refractivity contribution >= 4 is 16.0 Å². The van der Waals surface area contributed by atoms with E-state index in [1.807, 2.05) is 0 Å². The van der Waals surface area contributed by atoms with Gasteiger partial charge in [-0.2, -0.15) is 17.9 Å². The number of benzene rings is 1. The first-order chi connectivity index (χ1) is 7.20. The lowest BCUT2D eigenvalue weighted by molar-refractivity contribution is -0.387. The standard InChI is InChI=1S/C6H4F2N2O5S/c7-3-2-6(15-16(9,13)14)4(8)1-5(3)10(11)12/h1-2H,(H2,9,13,14). The summed E-state index contributed by atoms with van der Waals surface area (Å²) in [6, 6.07) is 0.410.